The monoisotopic (exact) mass is 235 g/mol. The summed E-state index contributed by atoms with van der Waals surface area (Å²) in [5, 5.41) is 17.8. The molecule has 0 spiro atoms. The topological polar surface area (TPSA) is 70.4 Å². The van der Waals surface area contributed by atoms with Crippen molar-refractivity contribution in [3.05, 3.63) is 30.1 Å². The minimum Gasteiger partial charge on any atom is -0.481 e. The molecule has 7 heteroatoms. The van der Waals surface area contributed by atoms with Gasteiger partial charge in [-0.25, -0.2) is 0 Å². The maximum absolute atomic E-state index is 12.6. The van der Waals surface area contributed by atoms with Gasteiger partial charge in [-0.3, -0.25) is 9.78 Å². The van der Waals surface area contributed by atoms with Crippen molar-refractivity contribution in [2.24, 2.45) is 0 Å². The lowest BCUT2D eigenvalue weighted by atomic mass is 9.91. The lowest BCUT2D eigenvalue weighted by molar-refractivity contribution is -0.269. The Morgan fingerprint density at radius 2 is 2.06 bits per heavy atom. The Labute approximate surface area is 88.4 Å². The van der Waals surface area contributed by atoms with Crippen molar-refractivity contribution in [1.82, 2.24) is 4.98 Å². The number of hydrogen-bond acceptors (Lipinski definition) is 3. The normalized spacial score (nSPS) is 15.5. The molecule has 0 aliphatic heterocycles. The molecular formula is C9H8F3NO3. The van der Waals surface area contributed by atoms with Gasteiger partial charge >= 0.3 is 12.1 Å². The number of carboxylic acids is 1. The van der Waals surface area contributed by atoms with Crippen LogP contribution in [-0.4, -0.2) is 27.3 Å². The lowest BCUT2D eigenvalue weighted by Crippen LogP contribution is -2.44. The summed E-state index contributed by atoms with van der Waals surface area (Å²) in [6, 6.07) is 2.16. The fraction of sp³-hybridized carbons (Fsp3) is 0.333. The van der Waals surface area contributed by atoms with E-state index in [1.165, 1.54) is 12.3 Å². The van der Waals surface area contributed by atoms with E-state index in [0.29, 0.717) is 0 Å². The fourth-order valence-corrected chi connectivity index (χ4v) is 1.19. The average molecular weight is 235 g/mol. The summed E-state index contributed by atoms with van der Waals surface area (Å²) in [4.78, 5) is 13.8. The van der Waals surface area contributed by atoms with Crippen LogP contribution in [0.4, 0.5) is 13.2 Å². The van der Waals surface area contributed by atoms with Crippen LogP contribution in [0.3, 0.4) is 0 Å². The van der Waals surface area contributed by atoms with Crippen LogP contribution < -0.4 is 0 Å². The van der Waals surface area contributed by atoms with Gasteiger partial charge in [0.25, 0.3) is 0 Å². The van der Waals surface area contributed by atoms with Crippen molar-refractivity contribution in [3.8, 4) is 0 Å². The zero-order valence-electron chi connectivity index (χ0n) is 7.90. The van der Waals surface area contributed by atoms with Gasteiger partial charge in [-0.1, -0.05) is 6.07 Å². The predicted molar refractivity (Wildman–Crippen MR) is 46.4 cm³/mol. The maximum Gasteiger partial charge on any atom is 0.422 e. The van der Waals surface area contributed by atoms with Gasteiger partial charge in [0.1, 0.15) is 0 Å². The molecule has 4 nitrogen and oxygen atoms in total. The van der Waals surface area contributed by atoms with Gasteiger partial charge in [0.2, 0.25) is 0 Å². The Bertz CT molecular complexity index is 379. The molecule has 0 bridgehead atoms. The average Bonchev–Trinajstić information content (AvgIpc) is 2.16. The largest absolute Gasteiger partial charge is 0.481 e. The summed E-state index contributed by atoms with van der Waals surface area (Å²) in [6.45, 7) is 0. The van der Waals surface area contributed by atoms with E-state index in [1.54, 1.807) is 0 Å². The van der Waals surface area contributed by atoms with E-state index in [4.69, 9.17) is 5.11 Å². The second-order valence-corrected chi connectivity index (χ2v) is 3.17. The van der Waals surface area contributed by atoms with Crippen molar-refractivity contribution >= 4 is 5.97 Å². The highest BCUT2D eigenvalue weighted by Gasteiger charge is 2.56. The summed E-state index contributed by atoms with van der Waals surface area (Å²) < 4.78 is 37.8. The first-order valence-electron chi connectivity index (χ1n) is 4.19. The summed E-state index contributed by atoms with van der Waals surface area (Å²) >= 11 is 0. The van der Waals surface area contributed by atoms with E-state index in [9.17, 15) is 23.1 Å². The molecular weight excluding hydrogens is 227 g/mol. The number of carboxylic acid groups (broad SMARTS) is 1. The number of halogens is 3. The van der Waals surface area contributed by atoms with E-state index in [-0.39, 0.29) is 0 Å². The molecule has 0 radical (unpaired) electrons. The molecule has 1 rings (SSSR count). The number of aliphatic carboxylic acids is 1. The molecule has 0 saturated heterocycles. The molecule has 88 valence electrons. The smallest absolute Gasteiger partial charge is 0.422 e. The number of hydrogen-bond donors (Lipinski definition) is 2. The van der Waals surface area contributed by atoms with Gasteiger partial charge in [0.05, 0.1) is 6.42 Å². The third kappa shape index (κ3) is 2.30. The van der Waals surface area contributed by atoms with Gasteiger partial charge in [-0.05, 0) is 6.07 Å². The minimum absolute atomic E-state index is 0.593. The number of carbonyl (C=O) groups is 1. The number of aliphatic hydroxyl groups is 1. The number of pyridine rings is 1. The van der Waals surface area contributed by atoms with Crippen molar-refractivity contribution in [3.63, 3.8) is 0 Å². The highest BCUT2D eigenvalue weighted by molar-refractivity contribution is 5.68. The zero-order valence-corrected chi connectivity index (χ0v) is 7.90. The predicted octanol–water partition coefficient (Wildman–Crippen LogP) is 1.31. The quantitative estimate of drug-likeness (QED) is 0.828. The Hall–Kier alpha value is -1.63. The molecule has 1 heterocycles. The molecule has 1 aromatic heterocycles. The van der Waals surface area contributed by atoms with E-state index < -0.39 is 29.7 Å². The molecule has 1 unspecified atom stereocenters. The van der Waals surface area contributed by atoms with Gasteiger partial charge in [0.15, 0.2) is 5.60 Å². The lowest BCUT2D eigenvalue weighted by Gasteiger charge is -2.28. The first-order chi connectivity index (χ1) is 7.27. The van der Waals surface area contributed by atoms with E-state index in [2.05, 4.69) is 4.98 Å². The van der Waals surface area contributed by atoms with Gasteiger partial charge < -0.3 is 10.2 Å². The van der Waals surface area contributed by atoms with Gasteiger partial charge in [-0.15, -0.1) is 0 Å². The number of aromatic nitrogens is 1. The van der Waals surface area contributed by atoms with E-state index in [0.717, 1.165) is 12.3 Å². The molecule has 1 atom stereocenters. The van der Waals surface area contributed by atoms with Crippen LogP contribution in [0.1, 0.15) is 12.0 Å². The molecule has 0 aliphatic rings. The second kappa shape index (κ2) is 4.09. The van der Waals surface area contributed by atoms with Crippen molar-refractivity contribution in [1.29, 1.82) is 0 Å². The highest BCUT2D eigenvalue weighted by Crippen LogP contribution is 2.41. The fourth-order valence-electron chi connectivity index (χ4n) is 1.19. The third-order valence-electron chi connectivity index (χ3n) is 2.02. The molecule has 0 amide bonds. The molecule has 16 heavy (non-hydrogen) atoms. The summed E-state index contributed by atoms with van der Waals surface area (Å²) in [7, 11) is 0. The van der Waals surface area contributed by atoms with Gasteiger partial charge in [-0.2, -0.15) is 13.2 Å². The van der Waals surface area contributed by atoms with Crippen LogP contribution in [0.5, 0.6) is 0 Å². The SMILES string of the molecule is O=C(O)CC(O)(c1cccnc1)C(F)(F)F. The molecule has 0 saturated carbocycles. The Kier molecular flexibility index (Phi) is 3.18. The number of nitrogens with zero attached hydrogens (tertiary/aromatic N) is 1. The Morgan fingerprint density at radius 1 is 1.44 bits per heavy atom. The third-order valence-corrected chi connectivity index (χ3v) is 2.02. The molecule has 1 aromatic rings. The van der Waals surface area contributed by atoms with Crippen LogP contribution in [0, 0.1) is 0 Å². The molecule has 2 N–H and O–H groups in total. The van der Waals surface area contributed by atoms with Crippen LogP contribution in [-0.2, 0) is 10.4 Å². The molecule has 0 fully saturated rings. The standard InChI is InChI=1S/C9H8F3NO3/c10-9(11,12)8(16,4-7(14)15)6-2-1-3-13-5-6/h1-3,5,16H,4H2,(H,14,15). The van der Waals surface area contributed by atoms with Gasteiger partial charge in [0, 0.05) is 18.0 Å². The van der Waals surface area contributed by atoms with Crippen molar-refractivity contribution < 1.29 is 28.2 Å². The first kappa shape index (κ1) is 12.4. The molecule has 0 aromatic carbocycles. The van der Waals surface area contributed by atoms with Crippen LogP contribution in [0.25, 0.3) is 0 Å². The zero-order chi connectivity index (χ0) is 12.4. The minimum atomic E-state index is -5.07. The second-order valence-electron chi connectivity index (χ2n) is 3.17. The van der Waals surface area contributed by atoms with Crippen molar-refractivity contribution in [2.45, 2.75) is 18.2 Å². The van der Waals surface area contributed by atoms with Crippen molar-refractivity contribution in [2.75, 3.05) is 0 Å². The van der Waals surface area contributed by atoms with E-state index in [1.807, 2.05) is 0 Å². The Morgan fingerprint density at radius 3 is 2.44 bits per heavy atom. The summed E-state index contributed by atoms with van der Waals surface area (Å²) in [5.74, 6) is -1.75. The highest BCUT2D eigenvalue weighted by atomic mass is 19.4. The van der Waals surface area contributed by atoms with Crippen LogP contribution in [0.15, 0.2) is 24.5 Å². The van der Waals surface area contributed by atoms with Crippen LogP contribution in [0.2, 0.25) is 0 Å². The number of alkyl halides is 3. The van der Waals surface area contributed by atoms with Crippen LogP contribution >= 0.6 is 0 Å². The number of rotatable bonds is 3. The first-order valence-corrected chi connectivity index (χ1v) is 4.19. The summed E-state index contributed by atoms with van der Waals surface area (Å²) in [6.07, 6.45) is -4.52. The molecule has 0 aliphatic carbocycles. The summed E-state index contributed by atoms with van der Waals surface area (Å²) in [5.41, 5.74) is -4.00. The van der Waals surface area contributed by atoms with E-state index >= 15 is 0 Å². The maximum atomic E-state index is 12.6. The Balaban J connectivity index is 3.21.